The fourth-order valence-electron chi connectivity index (χ4n) is 5.78. The van der Waals surface area contributed by atoms with Crippen molar-refractivity contribution in [3.63, 3.8) is 0 Å². The first-order chi connectivity index (χ1) is 18.4. The summed E-state index contributed by atoms with van der Waals surface area (Å²) in [4.78, 5) is 32.2. The van der Waals surface area contributed by atoms with Crippen LogP contribution in [0.3, 0.4) is 0 Å². The van der Waals surface area contributed by atoms with Gasteiger partial charge in [-0.3, -0.25) is 4.79 Å². The minimum atomic E-state index is -0.219. The summed E-state index contributed by atoms with van der Waals surface area (Å²) in [5.74, 6) is 1.44. The number of thiophene rings is 1. The second kappa shape index (κ2) is 10.2. The third-order valence-corrected chi connectivity index (χ3v) is 9.01. The summed E-state index contributed by atoms with van der Waals surface area (Å²) < 4.78 is 5.55. The Morgan fingerprint density at radius 3 is 2.47 bits per heavy atom. The van der Waals surface area contributed by atoms with E-state index in [0.717, 1.165) is 59.5 Å². The maximum absolute atomic E-state index is 13.5. The van der Waals surface area contributed by atoms with E-state index in [0.29, 0.717) is 31.9 Å². The fourth-order valence-corrected chi connectivity index (χ4v) is 7.00. The predicted octanol–water partition coefficient (Wildman–Crippen LogP) is 4.25. The Bertz CT molecular complexity index is 1360. The number of anilines is 2. The van der Waals surface area contributed by atoms with E-state index in [2.05, 4.69) is 9.80 Å². The molecule has 2 saturated heterocycles. The van der Waals surface area contributed by atoms with Crippen LogP contribution >= 0.6 is 11.3 Å². The smallest absolute Gasteiger partial charge is 0.257 e. The van der Waals surface area contributed by atoms with E-state index in [4.69, 9.17) is 14.7 Å². The van der Waals surface area contributed by atoms with Crippen molar-refractivity contribution in [2.45, 2.75) is 52.0 Å². The van der Waals surface area contributed by atoms with Gasteiger partial charge in [-0.1, -0.05) is 13.8 Å². The number of carbonyl (C=O) groups excluding carboxylic acids is 1. The second-order valence-corrected chi connectivity index (χ2v) is 11.8. The van der Waals surface area contributed by atoms with Gasteiger partial charge >= 0.3 is 0 Å². The van der Waals surface area contributed by atoms with E-state index in [-0.39, 0.29) is 28.9 Å². The molecule has 9 nitrogen and oxygen atoms in total. The van der Waals surface area contributed by atoms with Crippen LogP contribution in [0.2, 0.25) is 0 Å². The number of carbonyl (C=O) groups is 1. The standard InChI is InChI=1S/C28H35N5O4S/c1-17(2)19-14-20(22(35)15-21(19)34)27(36)33-9-6-18-23(16-33)38-26-24(18)25(31-7-4-3-5-8-31)29-28(30-26)32-10-12-37-13-11-32/h14-15,17,34-35H,3-13,16H2,1-2H3. The first-order valence-corrected chi connectivity index (χ1v) is 14.5. The van der Waals surface area contributed by atoms with Crippen LogP contribution < -0.4 is 9.80 Å². The Balaban J connectivity index is 1.36. The lowest BCUT2D eigenvalue weighted by Crippen LogP contribution is -2.38. The molecule has 2 fully saturated rings. The summed E-state index contributed by atoms with van der Waals surface area (Å²) in [6, 6.07) is 2.91. The van der Waals surface area contributed by atoms with Gasteiger partial charge in [0.2, 0.25) is 5.95 Å². The van der Waals surface area contributed by atoms with E-state index in [1.54, 1.807) is 22.3 Å². The largest absolute Gasteiger partial charge is 0.508 e. The molecule has 3 aliphatic heterocycles. The summed E-state index contributed by atoms with van der Waals surface area (Å²) in [7, 11) is 0. The topological polar surface area (TPSA) is 102 Å². The summed E-state index contributed by atoms with van der Waals surface area (Å²) in [5, 5.41) is 21.9. The van der Waals surface area contributed by atoms with Crippen molar-refractivity contribution < 1.29 is 19.7 Å². The van der Waals surface area contributed by atoms with E-state index < -0.39 is 0 Å². The molecule has 1 aromatic carbocycles. The molecule has 10 heteroatoms. The molecule has 2 aromatic heterocycles. The highest BCUT2D eigenvalue weighted by molar-refractivity contribution is 7.19. The van der Waals surface area contributed by atoms with Gasteiger partial charge in [0.05, 0.1) is 30.7 Å². The van der Waals surface area contributed by atoms with Crippen molar-refractivity contribution in [3.8, 4) is 11.5 Å². The summed E-state index contributed by atoms with van der Waals surface area (Å²) in [6.07, 6.45) is 4.31. The van der Waals surface area contributed by atoms with Gasteiger partial charge in [0.25, 0.3) is 5.91 Å². The van der Waals surface area contributed by atoms with Crippen LogP contribution in [0.25, 0.3) is 10.2 Å². The van der Waals surface area contributed by atoms with Crippen LogP contribution in [-0.4, -0.2) is 76.9 Å². The average molecular weight is 538 g/mol. The van der Waals surface area contributed by atoms with Crippen molar-refractivity contribution in [1.82, 2.24) is 14.9 Å². The highest BCUT2D eigenvalue weighted by Gasteiger charge is 2.31. The first kappa shape index (κ1) is 25.2. The molecular weight excluding hydrogens is 502 g/mol. The lowest BCUT2D eigenvalue weighted by atomic mass is 9.97. The molecule has 0 unspecified atom stereocenters. The second-order valence-electron chi connectivity index (χ2n) is 10.7. The number of phenols is 2. The number of aromatic hydroxyl groups is 2. The Morgan fingerprint density at radius 2 is 1.74 bits per heavy atom. The molecule has 3 aliphatic rings. The molecule has 0 aliphatic carbocycles. The first-order valence-electron chi connectivity index (χ1n) is 13.7. The minimum Gasteiger partial charge on any atom is -0.508 e. The van der Waals surface area contributed by atoms with E-state index in [1.807, 2.05) is 13.8 Å². The van der Waals surface area contributed by atoms with Gasteiger partial charge in [0.1, 0.15) is 22.1 Å². The highest BCUT2D eigenvalue weighted by Crippen LogP contribution is 2.41. The number of ether oxygens (including phenoxy) is 1. The van der Waals surface area contributed by atoms with E-state index in [1.165, 1.54) is 30.9 Å². The maximum atomic E-state index is 13.5. The fraction of sp³-hybridized carbons (Fsp3) is 0.536. The Labute approximate surface area is 226 Å². The average Bonchev–Trinajstić information content (AvgIpc) is 3.31. The third-order valence-electron chi connectivity index (χ3n) is 7.90. The zero-order valence-electron chi connectivity index (χ0n) is 22.1. The van der Waals surface area contributed by atoms with Gasteiger partial charge in [0.15, 0.2) is 0 Å². The molecule has 3 aromatic rings. The van der Waals surface area contributed by atoms with Gasteiger partial charge < -0.3 is 29.6 Å². The molecule has 0 saturated carbocycles. The molecule has 38 heavy (non-hydrogen) atoms. The van der Waals surface area contributed by atoms with Gasteiger partial charge in [-0.15, -0.1) is 11.3 Å². The number of aromatic nitrogens is 2. The number of morpholine rings is 1. The minimum absolute atomic E-state index is 0.0133. The van der Waals surface area contributed by atoms with E-state index in [9.17, 15) is 15.0 Å². The predicted molar refractivity (Wildman–Crippen MR) is 149 cm³/mol. The molecule has 1 amide bonds. The Hall–Kier alpha value is -3.11. The summed E-state index contributed by atoms with van der Waals surface area (Å²) in [6.45, 7) is 9.87. The summed E-state index contributed by atoms with van der Waals surface area (Å²) >= 11 is 1.66. The van der Waals surface area contributed by atoms with Crippen molar-refractivity contribution in [3.05, 3.63) is 33.7 Å². The van der Waals surface area contributed by atoms with Gasteiger partial charge in [-0.05, 0) is 48.8 Å². The number of rotatable bonds is 4. The number of fused-ring (bicyclic) bond motifs is 3. The van der Waals surface area contributed by atoms with E-state index >= 15 is 0 Å². The molecule has 5 heterocycles. The number of hydrogen-bond donors (Lipinski definition) is 2. The van der Waals surface area contributed by atoms with Crippen molar-refractivity contribution in [2.75, 3.05) is 55.7 Å². The number of nitrogens with zero attached hydrogens (tertiary/aromatic N) is 5. The van der Waals surface area contributed by atoms with Gasteiger partial charge in [0, 0.05) is 43.7 Å². The molecule has 0 radical (unpaired) electrons. The zero-order valence-corrected chi connectivity index (χ0v) is 22.9. The number of piperidine rings is 1. The normalized spacial score (nSPS) is 18.3. The number of benzene rings is 1. The molecule has 0 atom stereocenters. The monoisotopic (exact) mass is 537 g/mol. The molecule has 202 valence electrons. The SMILES string of the molecule is CC(C)c1cc(C(=O)N2CCc3c(sc4nc(N5CCOCC5)nc(N5CCCCC5)c34)C2)c(O)cc1O. The Kier molecular flexibility index (Phi) is 6.77. The van der Waals surface area contributed by atoms with Crippen molar-refractivity contribution >= 4 is 39.2 Å². The van der Waals surface area contributed by atoms with Crippen LogP contribution in [0.15, 0.2) is 12.1 Å². The lowest BCUT2D eigenvalue weighted by Gasteiger charge is -2.32. The quantitative estimate of drug-likeness (QED) is 0.509. The highest BCUT2D eigenvalue weighted by atomic mass is 32.1. The molecular formula is C28H35N5O4S. The van der Waals surface area contributed by atoms with Crippen LogP contribution in [0, 0.1) is 0 Å². The number of amides is 1. The maximum Gasteiger partial charge on any atom is 0.257 e. The van der Waals surface area contributed by atoms with Crippen LogP contribution in [0.5, 0.6) is 11.5 Å². The number of phenolic OH excluding ortho intramolecular Hbond substituents is 2. The van der Waals surface area contributed by atoms with Gasteiger partial charge in [-0.2, -0.15) is 4.98 Å². The number of hydrogen-bond acceptors (Lipinski definition) is 9. The van der Waals surface area contributed by atoms with Crippen molar-refractivity contribution in [2.24, 2.45) is 0 Å². The zero-order chi connectivity index (χ0) is 26.4. The third kappa shape index (κ3) is 4.53. The molecule has 0 bridgehead atoms. The van der Waals surface area contributed by atoms with Crippen molar-refractivity contribution in [1.29, 1.82) is 0 Å². The Morgan fingerprint density at radius 1 is 0.974 bits per heavy atom. The van der Waals surface area contributed by atoms with Crippen LogP contribution in [0.1, 0.15) is 65.4 Å². The molecule has 0 spiro atoms. The lowest BCUT2D eigenvalue weighted by molar-refractivity contribution is 0.0734. The molecule has 2 N–H and O–H groups in total. The van der Waals surface area contributed by atoms with Gasteiger partial charge in [-0.25, -0.2) is 4.98 Å². The summed E-state index contributed by atoms with van der Waals surface area (Å²) in [5.41, 5.74) is 2.14. The molecule has 6 rings (SSSR count). The van der Waals surface area contributed by atoms with Crippen LogP contribution in [-0.2, 0) is 17.7 Å². The van der Waals surface area contributed by atoms with Crippen LogP contribution in [0.4, 0.5) is 11.8 Å².